The second kappa shape index (κ2) is 10.9. The third kappa shape index (κ3) is 6.92. The summed E-state index contributed by atoms with van der Waals surface area (Å²) < 4.78 is 0. The van der Waals surface area contributed by atoms with E-state index in [1.807, 2.05) is 6.92 Å². The Hall–Kier alpha value is -0.900. The Balaban J connectivity index is 0.00000288. The van der Waals surface area contributed by atoms with Crippen molar-refractivity contribution in [1.82, 2.24) is 20.9 Å². The van der Waals surface area contributed by atoms with Gasteiger partial charge in [-0.1, -0.05) is 19.3 Å². The average Bonchev–Trinajstić information content (AvgIpc) is 2.87. The smallest absolute Gasteiger partial charge is 0.239 e. The molecule has 6 nitrogen and oxygen atoms in total. The van der Waals surface area contributed by atoms with Gasteiger partial charge in [0.2, 0.25) is 5.91 Å². The van der Waals surface area contributed by atoms with E-state index in [-0.39, 0.29) is 36.4 Å². The number of nitrogens with zero attached hydrogens (tertiary/aromatic N) is 2. The molecule has 1 saturated carbocycles. The van der Waals surface area contributed by atoms with Crippen LogP contribution in [-0.4, -0.2) is 36.5 Å². The first kappa shape index (κ1) is 21.1. The van der Waals surface area contributed by atoms with Gasteiger partial charge < -0.3 is 16.0 Å². The van der Waals surface area contributed by atoms with Crippen LogP contribution in [0.2, 0.25) is 0 Å². The van der Waals surface area contributed by atoms with Gasteiger partial charge in [-0.05, 0) is 26.7 Å². The van der Waals surface area contributed by atoms with Crippen molar-refractivity contribution >= 4 is 47.2 Å². The fourth-order valence-electron chi connectivity index (χ4n) is 2.68. The lowest BCUT2D eigenvalue weighted by Crippen LogP contribution is -2.45. The van der Waals surface area contributed by atoms with Gasteiger partial charge in [-0.3, -0.25) is 9.79 Å². The lowest BCUT2D eigenvalue weighted by atomic mass is 9.95. The highest BCUT2D eigenvalue weighted by molar-refractivity contribution is 14.0. The van der Waals surface area contributed by atoms with Gasteiger partial charge in [0.05, 0.1) is 18.8 Å². The Morgan fingerprint density at radius 1 is 1.25 bits per heavy atom. The van der Waals surface area contributed by atoms with E-state index in [0.717, 1.165) is 23.5 Å². The van der Waals surface area contributed by atoms with Crippen LogP contribution in [0.3, 0.4) is 0 Å². The summed E-state index contributed by atoms with van der Waals surface area (Å²) >= 11 is 1.68. The van der Waals surface area contributed by atoms with Crippen molar-refractivity contribution in [3.63, 3.8) is 0 Å². The number of aromatic nitrogens is 1. The fourth-order valence-corrected chi connectivity index (χ4v) is 3.56. The van der Waals surface area contributed by atoms with Crippen LogP contribution in [0.25, 0.3) is 0 Å². The molecular formula is C16H28IN5OS. The van der Waals surface area contributed by atoms with Crippen LogP contribution in [0.4, 0.5) is 0 Å². The van der Waals surface area contributed by atoms with Crippen molar-refractivity contribution in [1.29, 1.82) is 0 Å². The normalized spacial score (nSPS) is 15.5. The second-order valence-corrected chi connectivity index (χ2v) is 7.22. The van der Waals surface area contributed by atoms with Gasteiger partial charge in [-0.25, -0.2) is 4.98 Å². The van der Waals surface area contributed by atoms with Crippen molar-refractivity contribution in [2.45, 2.75) is 58.5 Å². The molecule has 1 aromatic rings. The Morgan fingerprint density at radius 3 is 2.54 bits per heavy atom. The molecule has 1 aromatic heterocycles. The highest BCUT2D eigenvalue weighted by Crippen LogP contribution is 2.17. The van der Waals surface area contributed by atoms with Gasteiger partial charge in [0.25, 0.3) is 0 Å². The summed E-state index contributed by atoms with van der Waals surface area (Å²) in [6.45, 7) is 4.94. The maximum atomic E-state index is 12.0. The first-order valence-electron chi connectivity index (χ1n) is 8.25. The minimum atomic E-state index is 0. The molecule has 1 aliphatic rings. The van der Waals surface area contributed by atoms with E-state index in [0.29, 0.717) is 18.5 Å². The van der Waals surface area contributed by atoms with E-state index < -0.39 is 0 Å². The van der Waals surface area contributed by atoms with E-state index in [1.54, 1.807) is 18.4 Å². The van der Waals surface area contributed by atoms with Crippen molar-refractivity contribution < 1.29 is 4.79 Å². The number of aryl methyl sites for hydroxylation is 2. The SMILES string of the molecule is CN=C(NCC(=O)NC1CCCCC1)NCc1nc(C)c(C)s1.I. The van der Waals surface area contributed by atoms with E-state index in [1.165, 1.54) is 24.1 Å². The van der Waals surface area contributed by atoms with Crippen LogP contribution in [0, 0.1) is 13.8 Å². The number of nitrogens with one attached hydrogen (secondary N) is 3. The summed E-state index contributed by atoms with van der Waals surface area (Å²) in [7, 11) is 1.70. The van der Waals surface area contributed by atoms with Crippen molar-refractivity contribution in [3.05, 3.63) is 15.6 Å². The fraction of sp³-hybridized carbons (Fsp3) is 0.688. The topological polar surface area (TPSA) is 78.4 Å². The van der Waals surface area contributed by atoms with Crippen LogP contribution in [0.1, 0.15) is 47.7 Å². The van der Waals surface area contributed by atoms with Gasteiger partial charge in [-0.2, -0.15) is 0 Å². The minimum Gasteiger partial charge on any atom is -0.352 e. The molecule has 1 heterocycles. The molecule has 0 unspecified atom stereocenters. The van der Waals surface area contributed by atoms with Gasteiger partial charge in [0.1, 0.15) is 5.01 Å². The molecule has 0 aromatic carbocycles. The van der Waals surface area contributed by atoms with Gasteiger partial charge in [0.15, 0.2) is 5.96 Å². The number of thiazole rings is 1. The van der Waals surface area contributed by atoms with Crippen molar-refractivity contribution in [2.75, 3.05) is 13.6 Å². The Bertz CT molecular complexity index is 535. The number of rotatable bonds is 5. The van der Waals surface area contributed by atoms with E-state index in [2.05, 4.69) is 32.9 Å². The summed E-state index contributed by atoms with van der Waals surface area (Å²) in [6, 6.07) is 0.342. The van der Waals surface area contributed by atoms with Crippen molar-refractivity contribution in [2.24, 2.45) is 4.99 Å². The Morgan fingerprint density at radius 2 is 1.96 bits per heavy atom. The monoisotopic (exact) mass is 465 g/mol. The molecular weight excluding hydrogens is 437 g/mol. The first-order chi connectivity index (χ1) is 11.1. The molecule has 0 aliphatic heterocycles. The highest BCUT2D eigenvalue weighted by Gasteiger charge is 2.15. The van der Waals surface area contributed by atoms with E-state index in [4.69, 9.17) is 0 Å². The quantitative estimate of drug-likeness (QED) is 0.355. The van der Waals surface area contributed by atoms with Gasteiger partial charge in [0, 0.05) is 18.0 Å². The van der Waals surface area contributed by atoms with Crippen LogP contribution < -0.4 is 16.0 Å². The number of carbonyl (C=O) groups is 1. The molecule has 1 fully saturated rings. The van der Waals surface area contributed by atoms with Crippen LogP contribution in [0.15, 0.2) is 4.99 Å². The van der Waals surface area contributed by atoms with Gasteiger partial charge >= 0.3 is 0 Å². The van der Waals surface area contributed by atoms with Gasteiger partial charge in [-0.15, -0.1) is 35.3 Å². The molecule has 24 heavy (non-hydrogen) atoms. The second-order valence-electron chi connectivity index (χ2n) is 5.93. The third-order valence-electron chi connectivity index (χ3n) is 4.09. The third-order valence-corrected chi connectivity index (χ3v) is 5.16. The summed E-state index contributed by atoms with van der Waals surface area (Å²) in [5.74, 6) is 0.648. The molecule has 0 radical (unpaired) electrons. The zero-order chi connectivity index (χ0) is 16.7. The van der Waals surface area contributed by atoms with E-state index >= 15 is 0 Å². The van der Waals surface area contributed by atoms with E-state index in [9.17, 15) is 4.79 Å². The maximum absolute atomic E-state index is 12.0. The molecule has 8 heteroatoms. The summed E-state index contributed by atoms with van der Waals surface area (Å²) in [5.41, 5.74) is 1.07. The predicted molar refractivity (Wildman–Crippen MR) is 110 cm³/mol. The van der Waals surface area contributed by atoms with Crippen molar-refractivity contribution in [3.8, 4) is 0 Å². The number of hydrogen-bond donors (Lipinski definition) is 3. The Labute approximate surface area is 165 Å². The molecule has 0 bridgehead atoms. The van der Waals surface area contributed by atoms with Crippen LogP contribution in [0.5, 0.6) is 0 Å². The molecule has 0 saturated heterocycles. The highest BCUT2D eigenvalue weighted by atomic mass is 127. The average molecular weight is 465 g/mol. The number of halogens is 1. The van der Waals surface area contributed by atoms with Crippen LogP contribution >= 0.6 is 35.3 Å². The molecule has 2 rings (SSSR count). The number of hydrogen-bond acceptors (Lipinski definition) is 4. The zero-order valence-electron chi connectivity index (χ0n) is 14.6. The molecule has 0 spiro atoms. The number of amides is 1. The standard InChI is InChI=1S/C16H27N5OS.HI/c1-11-12(2)23-15(20-11)10-19-16(17-3)18-9-14(22)21-13-7-5-4-6-8-13;/h13H,4-10H2,1-3H3,(H,21,22)(H2,17,18,19);1H. The molecule has 1 aliphatic carbocycles. The molecule has 1 amide bonds. The lowest BCUT2D eigenvalue weighted by Gasteiger charge is -2.23. The largest absolute Gasteiger partial charge is 0.352 e. The summed E-state index contributed by atoms with van der Waals surface area (Å²) in [5, 5.41) is 10.4. The summed E-state index contributed by atoms with van der Waals surface area (Å²) in [6.07, 6.45) is 5.92. The zero-order valence-corrected chi connectivity index (χ0v) is 17.8. The van der Waals surface area contributed by atoms with Crippen LogP contribution in [-0.2, 0) is 11.3 Å². The lowest BCUT2D eigenvalue weighted by molar-refractivity contribution is -0.120. The maximum Gasteiger partial charge on any atom is 0.239 e. The number of carbonyl (C=O) groups excluding carboxylic acids is 1. The molecule has 3 N–H and O–H groups in total. The summed E-state index contributed by atoms with van der Waals surface area (Å²) in [4.78, 5) is 21.8. The predicted octanol–water partition coefficient (Wildman–Crippen LogP) is 2.49. The molecule has 0 atom stereocenters. The number of guanidine groups is 1. The number of aliphatic imine (C=N–C) groups is 1. The Kier molecular flexibility index (Phi) is 9.57. The molecule has 136 valence electrons. The minimum absolute atomic E-state index is 0. The first-order valence-corrected chi connectivity index (χ1v) is 9.07.